The number of aromatic nitrogens is 2. The summed E-state index contributed by atoms with van der Waals surface area (Å²) < 4.78 is 0. The molecule has 0 radical (unpaired) electrons. The molecule has 28 heavy (non-hydrogen) atoms. The Morgan fingerprint density at radius 1 is 1.04 bits per heavy atom. The lowest BCUT2D eigenvalue weighted by molar-refractivity contribution is 0.161. The van der Waals surface area contributed by atoms with E-state index in [1.807, 2.05) is 12.4 Å². The lowest BCUT2D eigenvalue weighted by Crippen LogP contribution is -2.41. The summed E-state index contributed by atoms with van der Waals surface area (Å²) in [7, 11) is 0. The first-order valence-corrected chi connectivity index (χ1v) is 11.5. The van der Waals surface area contributed by atoms with Crippen LogP contribution in [-0.2, 0) is 5.41 Å². The molecule has 0 unspecified atom stereocenters. The molecule has 0 bridgehead atoms. The highest BCUT2D eigenvalue weighted by Gasteiger charge is 2.42. The molecule has 1 aromatic heterocycles. The number of piperidine rings is 1. The van der Waals surface area contributed by atoms with E-state index in [-0.39, 0.29) is 5.41 Å². The molecule has 2 aromatic rings. The van der Waals surface area contributed by atoms with Crippen molar-refractivity contribution >= 4 is 17.6 Å². The number of rotatable bonds is 3. The van der Waals surface area contributed by atoms with E-state index in [9.17, 15) is 0 Å². The molecule has 2 heterocycles. The first kappa shape index (κ1) is 19.8. The van der Waals surface area contributed by atoms with E-state index in [1.54, 1.807) is 11.8 Å². The van der Waals surface area contributed by atoms with Crippen LogP contribution in [0.3, 0.4) is 0 Å². The smallest absolute Gasteiger partial charge is 0.147 e. The molecule has 1 aromatic carbocycles. The molecular formula is C24H33N3S. The van der Waals surface area contributed by atoms with E-state index >= 15 is 0 Å². The van der Waals surface area contributed by atoms with Crippen LogP contribution in [0.1, 0.15) is 65.4 Å². The van der Waals surface area contributed by atoms with Crippen LogP contribution in [0.15, 0.2) is 46.6 Å². The van der Waals surface area contributed by atoms with Gasteiger partial charge in [0, 0.05) is 18.0 Å². The van der Waals surface area contributed by atoms with Crippen LogP contribution in [0.25, 0.3) is 0 Å². The molecule has 2 fully saturated rings. The molecule has 1 aliphatic heterocycles. The zero-order chi connectivity index (χ0) is 19.8. The van der Waals surface area contributed by atoms with E-state index in [0.29, 0.717) is 5.41 Å². The Hall–Kier alpha value is -1.55. The quantitative estimate of drug-likeness (QED) is 0.607. The standard InChI is InChI=1S/C24H33N3S/c1-18-8-7-11-24(18)12-14-27(15-13-24)21-16-26-22(17-25-21)28-20-10-6-5-9-19(20)23(2,3)4/h5-6,9-10,16-18H,7-8,11-15H2,1-4H3/t18-/m1/s1. The summed E-state index contributed by atoms with van der Waals surface area (Å²) in [6.07, 6.45) is 10.8. The SMILES string of the molecule is C[C@@H]1CCCC12CCN(c1cnc(Sc3ccccc3C(C)(C)C)cn1)CC2. The maximum absolute atomic E-state index is 4.77. The van der Waals surface area contributed by atoms with Crippen molar-refractivity contribution in [2.24, 2.45) is 11.3 Å². The second-order valence-electron chi connectivity index (χ2n) is 9.70. The summed E-state index contributed by atoms with van der Waals surface area (Å²) in [5.41, 5.74) is 2.09. The van der Waals surface area contributed by atoms with Crippen molar-refractivity contribution in [3.05, 3.63) is 42.2 Å². The fourth-order valence-electron chi connectivity index (χ4n) is 5.05. The first-order chi connectivity index (χ1) is 13.4. The van der Waals surface area contributed by atoms with Gasteiger partial charge in [0.1, 0.15) is 10.8 Å². The van der Waals surface area contributed by atoms with Crippen LogP contribution in [0.5, 0.6) is 0 Å². The molecule has 4 heteroatoms. The molecule has 1 saturated heterocycles. The van der Waals surface area contributed by atoms with E-state index in [0.717, 1.165) is 29.9 Å². The third-order valence-corrected chi connectivity index (χ3v) is 7.96. The number of hydrogen-bond acceptors (Lipinski definition) is 4. The van der Waals surface area contributed by atoms with Gasteiger partial charge < -0.3 is 4.90 Å². The topological polar surface area (TPSA) is 29.0 Å². The molecule has 1 spiro atoms. The van der Waals surface area contributed by atoms with Gasteiger partial charge in [0.2, 0.25) is 0 Å². The Morgan fingerprint density at radius 3 is 2.39 bits per heavy atom. The van der Waals surface area contributed by atoms with Gasteiger partial charge in [0.05, 0.1) is 12.4 Å². The van der Waals surface area contributed by atoms with Gasteiger partial charge in [-0.2, -0.15) is 0 Å². The van der Waals surface area contributed by atoms with Crippen molar-refractivity contribution in [2.75, 3.05) is 18.0 Å². The molecule has 0 N–H and O–H groups in total. The average Bonchev–Trinajstić information content (AvgIpc) is 3.03. The minimum Gasteiger partial charge on any atom is -0.355 e. The molecule has 3 nitrogen and oxygen atoms in total. The van der Waals surface area contributed by atoms with E-state index in [4.69, 9.17) is 9.97 Å². The third-order valence-electron chi connectivity index (χ3n) is 6.96. The first-order valence-electron chi connectivity index (χ1n) is 10.7. The maximum Gasteiger partial charge on any atom is 0.147 e. The Morgan fingerprint density at radius 2 is 1.79 bits per heavy atom. The van der Waals surface area contributed by atoms with Crippen LogP contribution >= 0.6 is 11.8 Å². The fourth-order valence-corrected chi connectivity index (χ4v) is 6.12. The molecule has 4 rings (SSSR count). The summed E-state index contributed by atoms with van der Waals surface area (Å²) in [5.74, 6) is 1.93. The fraction of sp³-hybridized carbons (Fsp3) is 0.583. The van der Waals surface area contributed by atoms with Crippen molar-refractivity contribution in [1.29, 1.82) is 0 Å². The molecular weight excluding hydrogens is 362 g/mol. The summed E-state index contributed by atoms with van der Waals surface area (Å²) in [4.78, 5) is 13.2. The normalized spacial score (nSPS) is 22.0. The van der Waals surface area contributed by atoms with Crippen LogP contribution < -0.4 is 4.90 Å². The second-order valence-corrected chi connectivity index (χ2v) is 10.8. The number of nitrogens with zero attached hydrogens (tertiary/aromatic N) is 3. The lowest BCUT2D eigenvalue weighted by atomic mass is 9.71. The Labute approximate surface area is 174 Å². The largest absolute Gasteiger partial charge is 0.355 e. The molecule has 1 saturated carbocycles. The zero-order valence-electron chi connectivity index (χ0n) is 17.7. The van der Waals surface area contributed by atoms with Gasteiger partial charge in [-0.05, 0) is 47.6 Å². The van der Waals surface area contributed by atoms with Crippen molar-refractivity contribution in [2.45, 2.75) is 75.1 Å². The van der Waals surface area contributed by atoms with Crippen molar-refractivity contribution in [1.82, 2.24) is 9.97 Å². The Kier molecular flexibility index (Phi) is 5.43. The van der Waals surface area contributed by atoms with Gasteiger partial charge >= 0.3 is 0 Å². The van der Waals surface area contributed by atoms with Gasteiger partial charge in [-0.1, -0.05) is 70.5 Å². The molecule has 1 atom stereocenters. The maximum atomic E-state index is 4.77. The zero-order valence-corrected chi connectivity index (χ0v) is 18.6. The summed E-state index contributed by atoms with van der Waals surface area (Å²) in [5, 5.41) is 0.971. The monoisotopic (exact) mass is 395 g/mol. The Balaban J connectivity index is 1.43. The number of hydrogen-bond donors (Lipinski definition) is 0. The highest BCUT2D eigenvalue weighted by atomic mass is 32.2. The van der Waals surface area contributed by atoms with E-state index < -0.39 is 0 Å². The molecule has 2 aliphatic rings. The van der Waals surface area contributed by atoms with Gasteiger partial charge in [-0.25, -0.2) is 9.97 Å². The highest BCUT2D eigenvalue weighted by molar-refractivity contribution is 7.99. The summed E-state index contributed by atoms with van der Waals surface area (Å²) >= 11 is 1.72. The van der Waals surface area contributed by atoms with Gasteiger partial charge in [0.25, 0.3) is 0 Å². The molecule has 0 amide bonds. The molecule has 150 valence electrons. The third kappa shape index (κ3) is 3.94. The van der Waals surface area contributed by atoms with Gasteiger partial charge in [-0.15, -0.1) is 0 Å². The van der Waals surface area contributed by atoms with Crippen molar-refractivity contribution in [3.63, 3.8) is 0 Å². The molecule has 1 aliphatic carbocycles. The lowest BCUT2D eigenvalue weighted by Gasteiger charge is -2.42. The average molecular weight is 396 g/mol. The van der Waals surface area contributed by atoms with Gasteiger partial charge in [-0.3, -0.25) is 0 Å². The number of benzene rings is 1. The van der Waals surface area contributed by atoms with Crippen molar-refractivity contribution < 1.29 is 0 Å². The summed E-state index contributed by atoms with van der Waals surface area (Å²) in [6, 6.07) is 8.63. The van der Waals surface area contributed by atoms with Gasteiger partial charge in [0.15, 0.2) is 0 Å². The Bertz CT molecular complexity index is 801. The summed E-state index contributed by atoms with van der Waals surface area (Å²) in [6.45, 7) is 11.5. The minimum atomic E-state index is 0.123. The predicted octanol–water partition coefficient (Wildman–Crippen LogP) is 6.33. The van der Waals surface area contributed by atoms with Crippen LogP contribution in [-0.4, -0.2) is 23.1 Å². The predicted molar refractivity (Wildman–Crippen MR) is 118 cm³/mol. The van der Waals surface area contributed by atoms with Crippen LogP contribution in [0, 0.1) is 11.3 Å². The minimum absolute atomic E-state index is 0.123. The van der Waals surface area contributed by atoms with E-state index in [1.165, 1.54) is 42.6 Å². The highest BCUT2D eigenvalue weighted by Crippen LogP contribution is 2.50. The number of anilines is 1. The second kappa shape index (κ2) is 7.70. The van der Waals surface area contributed by atoms with E-state index in [2.05, 4.69) is 56.9 Å². The van der Waals surface area contributed by atoms with Crippen LogP contribution in [0.2, 0.25) is 0 Å². The van der Waals surface area contributed by atoms with Crippen LogP contribution in [0.4, 0.5) is 5.82 Å². The van der Waals surface area contributed by atoms with Crippen molar-refractivity contribution in [3.8, 4) is 0 Å².